The van der Waals surface area contributed by atoms with Gasteiger partial charge in [-0.15, -0.1) is 0 Å². The van der Waals surface area contributed by atoms with Crippen LogP contribution in [0, 0.1) is 10.1 Å². The number of amides is 1. The predicted molar refractivity (Wildman–Crippen MR) is 72.3 cm³/mol. The molecule has 0 saturated heterocycles. The van der Waals surface area contributed by atoms with Crippen molar-refractivity contribution in [1.29, 1.82) is 0 Å². The van der Waals surface area contributed by atoms with Crippen LogP contribution in [0.25, 0.3) is 0 Å². The maximum absolute atomic E-state index is 12.2. The van der Waals surface area contributed by atoms with Crippen molar-refractivity contribution in [2.75, 3.05) is 25.5 Å². The van der Waals surface area contributed by atoms with Gasteiger partial charge in [0.05, 0.1) is 10.5 Å². The van der Waals surface area contributed by atoms with Gasteiger partial charge in [0.25, 0.3) is 11.6 Å². The van der Waals surface area contributed by atoms with Crippen molar-refractivity contribution in [2.24, 2.45) is 0 Å². The van der Waals surface area contributed by atoms with Crippen molar-refractivity contribution in [3.63, 3.8) is 0 Å². The summed E-state index contributed by atoms with van der Waals surface area (Å²) in [5, 5.41) is 13.8. The van der Waals surface area contributed by atoms with Crippen LogP contribution in [-0.4, -0.2) is 40.9 Å². The van der Waals surface area contributed by atoms with Gasteiger partial charge in [0, 0.05) is 26.2 Å². The lowest BCUT2D eigenvalue weighted by atomic mass is 10.2. The number of nitro groups is 1. The number of carbonyl (C=O) groups excluding carboxylic acids is 1. The molecule has 0 aliphatic carbocycles. The first-order valence-corrected chi connectivity index (χ1v) is 6.15. The van der Waals surface area contributed by atoms with Crippen LogP contribution in [0.3, 0.4) is 0 Å². The quantitative estimate of drug-likeness (QED) is 0.627. The van der Waals surface area contributed by atoms with Gasteiger partial charge in [-0.05, 0) is 13.3 Å². The van der Waals surface area contributed by atoms with Crippen LogP contribution in [0.2, 0.25) is 0 Å². The second kappa shape index (κ2) is 6.67. The highest BCUT2D eigenvalue weighted by atomic mass is 16.6. The van der Waals surface area contributed by atoms with Crippen molar-refractivity contribution in [3.05, 3.63) is 27.9 Å². The average molecular weight is 266 g/mol. The Balaban J connectivity index is 3.17. The van der Waals surface area contributed by atoms with Gasteiger partial charge >= 0.3 is 0 Å². The van der Waals surface area contributed by atoms with E-state index in [9.17, 15) is 14.9 Å². The maximum atomic E-state index is 12.2. The zero-order valence-electron chi connectivity index (χ0n) is 11.3. The molecule has 1 N–H and O–H groups in total. The molecule has 0 atom stereocenters. The van der Waals surface area contributed by atoms with Crippen molar-refractivity contribution in [2.45, 2.75) is 20.3 Å². The highest BCUT2D eigenvalue weighted by Crippen LogP contribution is 2.20. The molecule has 0 aliphatic heterocycles. The van der Waals surface area contributed by atoms with Crippen LogP contribution in [0.1, 0.15) is 30.6 Å². The Kier molecular flexibility index (Phi) is 5.23. The van der Waals surface area contributed by atoms with Gasteiger partial charge in [-0.2, -0.15) is 0 Å². The molecule has 0 bridgehead atoms. The minimum absolute atomic E-state index is 0.185. The third kappa shape index (κ3) is 3.64. The molecule has 1 heterocycles. The Morgan fingerprint density at radius 1 is 1.53 bits per heavy atom. The van der Waals surface area contributed by atoms with Crippen molar-refractivity contribution in [3.8, 4) is 0 Å². The largest absolute Gasteiger partial charge is 0.369 e. The van der Waals surface area contributed by atoms with E-state index in [2.05, 4.69) is 10.3 Å². The molecule has 0 saturated carbocycles. The summed E-state index contributed by atoms with van der Waals surface area (Å²) in [5.41, 5.74) is 0.0434. The van der Waals surface area contributed by atoms with Crippen molar-refractivity contribution >= 4 is 17.4 Å². The zero-order valence-corrected chi connectivity index (χ0v) is 11.3. The number of nitrogens with one attached hydrogen (secondary N) is 1. The molecule has 0 unspecified atom stereocenters. The van der Waals surface area contributed by atoms with E-state index in [-0.39, 0.29) is 17.2 Å². The van der Waals surface area contributed by atoms with E-state index in [1.54, 1.807) is 7.05 Å². The first-order valence-electron chi connectivity index (χ1n) is 6.15. The van der Waals surface area contributed by atoms with E-state index in [0.29, 0.717) is 18.9 Å². The summed E-state index contributed by atoms with van der Waals surface area (Å²) in [6.45, 7) is 5.00. The standard InChI is InChI=1S/C12H18N4O3/c1-4-6-13-11-10(12(17)15(3)5-2)7-9(8-14-11)16(18)19/h7-8H,4-6H2,1-3H3,(H,13,14). The molecule has 7 nitrogen and oxygen atoms in total. The number of pyridine rings is 1. The number of nitrogens with zero attached hydrogens (tertiary/aromatic N) is 3. The summed E-state index contributed by atoms with van der Waals surface area (Å²) >= 11 is 0. The number of hydrogen-bond donors (Lipinski definition) is 1. The van der Waals surface area contributed by atoms with Gasteiger partial charge < -0.3 is 10.2 Å². The van der Waals surface area contributed by atoms with Crippen LogP contribution < -0.4 is 5.32 Å². The number of rotatable bonds is 6. The van der Waals surface area contributed by atoms with Gasteiger partial charge in [0.2, 0.25) is 0 Å². The Morgan fingerprint density at radius 3 is 2.74 bits per heavy atom. The van der Waals surface area contributed by atoms with E-state index >= 15 is 0 Å². The fourth-order valence-electron chi connectivity index (χ4n) is 1.45. The molecule has 0 spiro atoms. The van der Waals surface area contributed by atoms with Gasteiger partial charge in [-0.1, -0.05) is 6.92 Å². The fourth-order valence-corrected chi connectivity index (χ4v) is 1.45. The van der Waals surface area contributed by atoms with Crippen molar-refractivity contribution < 1.29 is 9.72 Å². The molecule has 1 aromatic rings. The molecule has 19 heavy (non-hydrogen) atoms. The highest BCUT2D eigenvalue weighted by molar-refractivity contribution is 5.99. The van der Waals surface area contributed by atoms with Gasteiger partial charge in [-0.25, -0.2) is 4.98 Å². The molecular weight excluding hydrogens is 248 g/mol. The molecular formula is C12H18N4O3. The molecule has 7 heteroatoms. The summed E-state index contributed by atoms with van der Waals surface area (Å²) in [5.74, 6) is 0.107. The number of anilines is 1. The third-order valence-electron chi connectivity index (χ3n) is 2.68. The van der Waals surface area contributed by atoms with Crippen LogP contribution in [-0.2, 0) is 0 Å². The summed E-state index contributed by atoms with van der Waals surface area (Å²) in [6.07, 6.45) is 2.02. The molecule has 0 aliphatic rings. The predicted octanol–water partition coefficient (Wildman–Crippen LogP) is 1.90. The summed E-state index contributed by atoms with van der Waals surface area (Å²) < 4.78 is 0. The highest BCUT2D eigenvalue weighted by Gasteiger charge is 2.20. The molecule has 1 aromatic heterocycles. The third-order valence-corrected chi connectivity index (χ3v) is 2.68. The molecule has 0 fully saturated rings. The van der Waals surface area contributed by atoms with Crippen LogP contribution in [0.4, 0.5) is 11.5 Å². The minimum Gasteiger partial charge on any atom is -0.369 e. The van der Waals surface area contributed by atoms with Crippen LogP contribution in [0.5, 0.6) is 0 Å². The number of aromatic nitrogens is 1. The molecule has 1 amide bonds. The first-order chi connectivity index (χ1) is 9.01. The Labute approximate surface area is 111 Å². The van der Waals surface area contributed by atoms with E-state index in [1.165, 1.54) is 11.0 Å². The lowest BCUT2D eigenvalue weighted by molar-refractivity contribution is -0.385. The molecule has 104 valence electrons. The minimum atomic E-state index is -0.556. The normalized spacial score (nSPS) is 10.1. The lowest BCUT2D eigenvalue weighted by Crippen LogP contribution is -2.27. The summed E-state index contributed by atoms with van der Waals surface area (Å²) in [4.78, 5) is 27.8. The fraction of sp³-hybridized carbons (Fsp3) is 0.500. The lowest BCUT2D eigenvalue weighted by Gasteiger charge is -2.16. The maximum Gasteiger partial charge on any atom is 0.288 e. The second-order valence-electron chi connectivity index (χ2n) is 4.09. The summed E-state index contributed by atoms with van der Waals surface area (Å²) in [7, 11) is 1.64. The van der Waals surface area contributed by atoms with Gasteiger partial charge in [0.1, 0.15) is 12.0 Å². The average Bonchev–Trinajstić information content (AvgIpc) is 2.43. The molecule has 0 aromatic carbocycles. The second-order valence-corrected chi connectivity index (χ2v) is 4.09. The van der Waals surface area contributed by atoms with Crippen molar-refractivity contribution in [1.82, 2.24) is 9.88 Å². The monoisotopic (exact) mass is 266 g/mol. The Hall–Kier alpha value is -2.18. The Bertz CT molecular complexity index is 476. The topological polar surface area (TPSA) is 88.4 Å². The molecule has 0 radical (unpaired) electrons. The van der Waals surface area contributed by atoms with Crippen LogP contribution >= 0.6 is 0 Å². The zero-order chi connectivity index (χ0) is 14.4. The first kappa shape index (κ1) is 14.9. The Morgan fingerprint density at radius 2 is 2.21 bits per heavy atom. The van der Waals surface area contributed by atoms with E-state index < -0.39 is 4.92 Å². The van der Waals surface area contributed by atoms with Gasteiger partial charge in [-0.3, -0.25) is 14.9 Å². The SMILES string of the molecule is CCCNc1ncc([N+](=O)[O-])cc1C(=O)N(C)CC. The number of carbonyl (C=O) groups is 1. The number of hydrogen-bond acceptors (Lipinski definition) is 5. The van der Waals surface area contributed by atoms with Gasteiger partial charge in [0.15, 0.2) is 0 Å². The van der Waals surface area contributed by atoms with E-state index in [1.807, 2.05) is 13.8 Å². The summed E-state index contributed by atoms with van der Waals surface area (Å²) in [6, 6.07) is 1.26. The van der Waals surface area contributed by atoms with E-state index in [0.717, 1.165) is 12.6 Å². The van der Waals surface area contributed by atoms with E-state index in [4.69, 9.17) is 0 Å². The van der Waals surface area contributed by atoms with Crippen LogP contribution in [0.15, 0.2) is 12.3 Å². The molecule has 1 rings (SSSR count). The smallest absolute Gasteiger partial charge is 0.288 e.